The molecule has 228 valence electrons. The van der Waals surface area contributed by atoms with Crippen molar-refractivity contribution in [1.29, 1.82) is 0 Å². The molecule has 0 amide bonds. The number of pyridine rings is 1. The minimum Gasteiger partial charge on any atom is -0.309 e. The number of rotatable bonds is 4. The number of allylic oxidation sites excluding steroid dienone is 4. The highest BCUT2D eigenvalue weighted by atomic mass is 15.1. The van der Waals surface area contributed by atoms with Gasteiger partial charge in [-0.15, -0.1) is 0 Å². The minimum absolute atomic E-state index is 0.118. The summed E-state index contributed by atoms with van der Waals surface area (Å²) in [7, 11) is 0. The fourth-order valence-corrected chi connectivity index (χ4v) is 8.44. The molecule has 4 nitrogen and oxygen atoms in total. The Balaban J connectivity index is 1.36. The topological polar surface area (TPSA) is 46.5 Å². The first-order chi connectivity index (χ1) is 23.0. The highest BCUT2D eigenvalue weighted by molar-refractivity contribution is 6.10. The standard InChI is InChI=1S/C43H36N4/c1-28-25-38(46-45-28)29-22-23-33-32-15-4-9-20-39(32)47(40(33)26-29)31-14-12-13-30(27-31)43(41-21-10-11-24-44-41)36-18-7-5-16-34(36)42(2,3)35-17-6-8-19-37(35)43/h4-5,7,9-27H,6,8H2,1-3H3,(H,45,46)/t43-/m1/s1. The maximum atomic E-state index is 5.14. The molecule has 3 heterocycles. The van der Waals surface area contributed by atoms with Crippen LogP contribution >= 0.6 is 0 Å². The minimum atomic E-state index is -0.563. The van der Waals surface area contributed by atoms with E-state index in [-0.39, 0.29) is 5.41 Å². The van der Waals surface area contributed by atoms with Crippen molar-refractivity contribution in [2.45, 2.75) is 44.4 Å². The number of fused-ring (bicyclic) bond motifs is 5. The van der Waals surface area contributed by atoms with Gasteiger partial charge in [0, 0.05) is 39.3 Å². The van der Waals surface area contributed by atoms with Gasteiger partial charge >= 0.3 is 0 Å². The monoisotopic (exact) mass is 608 g/mol. The molecule has 0 spiro atoms. The molecule has 0 saturated heterocycles. The predicted molar refractivity (Wildman–Crippen MR) is 192 cm³/mol. The average Bonchev–Trinajstić information content (AvgIpc) is 3.70. The van der Waals surface area contributed by atoms with Gasteiger partial charge in [-0.25, -0.2) is 0 Å². The van der Waals surface area contributed by atoms with Crippen LogP contribution in [-0.4, -0.2) is 19.7 Å². The molecule has 47 heavy (non-hydrogen) atoms. The zero-order chi connectivity index (χ0) is 31.8. The second-order valence-corrected chi connectivity index (χ2v) is 13.5. The molecule has 4 heteroatoms. The van der Waals surface area contributed by atoms with E-state index in [2.05, 4.69) is 150 Å². The summed E-state index contributed by atoms with van der Waals surface area (Å²) in [6.07, 6.45) is 9.00. The Hall–Kier alpha value is -5.48. The molecule has 7 aromatic rings. The van der Waals surface area contributed by atoms with E-state index < -0.39 is 5.41 Å². The van der Waals surface area contributed by atoms with Crippen molar-refractivity contribution in [2.75, 3.05) is 0 Å². The fraction of sp³-hybridized carbons (Fsp3) is 0.163. The van der Waals surface area contributed by atoms with Gasteiger partial charge in [0.15, 0.2) is 0 Å². The maximum absolute atomic E-state index is 5.14. The lowest BCUT2D eigenvalue weighted by atomic mass is 9.52. The molecule has 4 aromatic carbocycles. The molecule has 1 atom stereocenters. The van der Waals surface area contributed by atoms with Gasteiger partial charge in [-0.2, -0.15) is 5.10 Å². The van der Waals surface area contributed by atoms with Gasteiger partial charge < -0.3 is 4.57 Å². The van der Waals surface area contributed by atoms with Gasteiger partial charge in [-0.3, -0.25) is 10.1 Å². The summed E-state index contributed by atoms with van der Waals surface area (Å²) >= 11 is 0. The average molecular weight is 609 g/mol. The number of hydrogen-bond donors (Lipinski definition) is 1. The lowest BCUT2D eigenvalue weighted by Crippen LogP contribution is -2.44. The molecule has 2 aliphatic rings. The Morgan fingerprint density at radius 3 is 2.26 bits per heavy atom. The first-order valence-corrected chi connectivity index (χ1v) is 16.6. The number of aromatic amines is 1. The molecule has 0 radical (unpaired) electrons. The van der Waals surface area contributed by atoms with Crippen molar-refractivity contribution < 1.29 is 0 Å². The highest BCUT2D eigenvalue weighted by Crippen LogP contribution is 2.58. The van der Waals surface area contributed by atoms with Crippen LogP contribution < -0.4 is 0 Å². The van der Waals surface area contributed by atoms with Crippen molar-refractivity contribution in [2.24, 2.45) is 0 Å². The molecule has 0 saturated carbocycles. The summed E-state index contributed by atoms with van der Waals surface area (Å²) in [5.74, 6) is 0. The van der Waals surface area contributed by atoms with Crippen LogP contribution in [0.3, 0.4) is 0 Å². The van der Waals surface area contributed by atoms with Gasteiger partial charge in [-0.05, 0) is 90.1 Å². The molecule has 0 fully saturated rings. The summed E-state index contributed by atoms with van der Waals surface area (Å²) in [5, 5.41) is 10.2. The van der Waals surface area contributed by atoms with Gasteiger partial charge in [0.1, 0.15) is 0 Å². The Bertz CT molecular complexity index is 2400. The van der Waals surface area contributed by atoms with Crippen molar-refractivity contribution in [3.05, 3.63) is 173 Å². The molecular weight excluding hydrogens is 573 g/mol. The lowest BCUT2D eigenvalue weighted by molar-refractivity contribution is 0.529. The van der Waals surface area contributed by atoms with Crippen LogP contribution in [-0.2, 0) is 10.8 Å². The van der Waals surface area contributed by atoms with E-state index in [4.69, 9.17) is 4.98 Å². The molecular formula is C43H36N4. The Morgan fingerprint density at radius 2 is 1.45 bits per heavy atom. The van der Waals surface area contributed by atoms with E-state index in [1.165, 1.54) is 44.1 Å². The first-order valence-electron chi connectivity index (χ1n) is 16.6. The fourth-order valence-electron chi connectivity index (χ4n) is 8.44. The second-order valence-electron chi connectivity index (χ2n) is 13.5. The van der Waals surface area contributed by atoms with E-state index in [0.717, 1.165) is 46.7 Å². The quantitative estimate of drug-likeness (QED) is 0.216. The number of hydrogen-bond acceptors (Lipinski definition) is 2. The van der Waals surface area contributed by atoms with Crippen LogP contribution in [0.15, 0.2) is 145 Å². The smallest absolute Gasteiger partial charge is 0.0924 e. The Kier molecular flexibility index (Phi) is 6.07. The number of nitrogens with zero attached hydrogens (tertiary/aromatic N) is 3. The largest absolute Gasteiger partial charge is 0.309 e. The number of benzene rings is 4. The summed E-state index contributed by atoms with van der Waals surface area (Å²) in [4.78, 5) is 5.14. The van der Waals surface area contributed by atoms with Gasteiger partial charge in [0.25, 0.3) is 0 Å². The normalized spacial score (nSPS) is 18.4. The van der Waals surface area contributed by atoms with Crippen molar-refractivity contribution in [1.82, 2.24) is 19.7 Å². The molecule has 2 aliphatic carbocycles. The number of para-hydroxylation sites is 1. The van der Waals surface area contributed by atoms with Crippen LogP contribution in [0, 0.1) is 6.92 Å². The second kappa shape index (κ2) is 10.3. The van der Waals surface area contributed by atoms with Gasteiger partial charge in [0.05, 0.1) is 27.8 Å². The predicted octanol–water partition coefficient (Wildman–Crippen LogP) is 10.1. The highest BCUT2D eigenvalue weighted by Gasteiger charge is 2.52. The van der Waals surface area contributed by atoms with E-state index in [1.807, 2.05) is 19.2 Å². The summed E-state index contributed by atoms with van der Waals surface area (Å²) in [6, 6.07) is 42.2. The number of aromatic nitrogens is 4. The molecule has 1 N–H and O–H groups in total. The van der Waals surface area contributed by atoms with E-state index >= 15 is 0 Å². The van der Waals surface area contributed by atoms with E-state index in [9.17, 15) is 0 Å². The number of nitrogens with one attached hydrogen (secondary N) is 1. The summed E-state index contributed by atoms with van der Waals surface area (Å²) in [5.41, 5.74) is 13.6. The van der Waals surface area contributed by atoms with E-state index in [1.54, 1.807) is 0 Å². The van der Waals surface area contributed by atoms with Crippen LogP contribution in [0.5, 0.6) is 0 Å². The summed E-state index contributed by atoms with van der Waals surface area (Å²) < 4.78 is 2.42. The lowest BCUT2D eigenvalue weighted by Gasteiger charge is -2.50. The summed E-state index contributed by atoms with van der Waals surface area (Å²) in [6.45, 7) is 6.81. The van der Waals surface area contributed by atoms with Crippen LogP contribution in [0.4, 0.5) is 0 Å². The number of aryl methyl sites for hydroxylation is 1. The van der Waals surface area contributed by atoms with Crippen molar-refractivity contribution in [3.8, 4) is 16.9 Å². The molecule has 3 aromatic heterocycles. The number of H-pyrrole nitrogens is 1. The molecule has 0 unspecified atom stereocenters. The molecule has 9 rings (SSSR count). The van der Waals surface area contributed by atoms with Crippen LogP contribution in [0.2, 0.25) is 0 Å². The third kappa shape index (κ3) is 3.94. The molecule has 0 aliphatic heterocycles. The van der Waals surface area contributed by atoms with Gasteiger partial charge in [0.2, 0.25) is 0 Å². The van der Waals surface area contributed by atoms with Crippen LogP contribution in [0.25, 0.3) is 38.8 Å². The van der Waals surface area contributed by atoms with Crippen molar-refractivity contribution >= 4 is 21.8 Å². The first kappa shape index (κ1) is 27.8. The molecule has 0 bridgehead atoms. The third-order valence-corrected chi connectivity index (χ3v) is 10.5. The van der Waals surface area contributed by atoms with Gasteiger partial charge in [-0.1, -0.05) is 98.8 Å². The zero-order valence-electron chi connectivity index (χ0n) is 27.0. The maximum Gasteiger partial charge on any atom is 0.0924 e. The zero-order valence-corrected chi connectivity index (χ0v) is 27.0. The van der Waals surface area contributed by atoms with E-state index in [0.29, 0.717) is 0 Å². The third-order valence-electron chi connectivity index (χ3n) is 10.5. The Morgan fingerprint density at radius 1 is 0.681 bits per heavy atom. The van der Waals surface area contributed by atoms with Crippen molar-refractivity contribution in [3.63, 3.8) is 0 Å². The Labute approximate surface area is 275 Å². The SMILES string of the molecule is Cc1cc(-c2ccc3c4ccccc4n(-c4cccc([C@]5(c6ccccn6)C6=CCCC=C6C(C)(C)c6ccccc65)c4)c3c2)n[nH]1. The van der Waals surface area contributed by atoms with Crippen LogP contribution in [0.1, 0.15) is 54.8 Å².